The summed E-state index contributed by atoms with van der Waals surface area (Å²) in [4.78, 5) is 0. The van der Waals surface area contributed by atoms with E-state index in [9.17, 15) is 0 Å². The molecule has 1 heteroatoms. The first-order valence-corrected chi connectivity index (χ1v) is 5.95. The summed E-state index contributed by atoms with van der Waals surface area (Å²) in [6.07, 6.45) is 8.43. The highest BCUT2D eigenvalue weighted by molar-refractivity contribution is 6.30. The van der Waals surface area contributed by atoms with Gasteiger partial charge in [0, 0.05) is 10.9 Å². The zero-order valence-corrected chi connectivity index (χ0v) is 11.1. The number of halogens is 1. The van der Waals surface area contributed by atoms with Crippen molar-refractivity contribution in [1.82, 2.24) is 0 Å². The van der Waals surface area contributed by atoms with Gasteiger partial charge in [-0.15, -0.1) is 6.42 Å². The second kappa shape index (κ2) is 6.33. The van der Waals surface area contributed by atoms with Crippen LogP contribution in [0.5, 0.6) is 0 Å². The third-order valence-corrected chi connectivity index (χ3v) is 2.68. The van der Waals surface area contributed by atoms with E-state index in [1.807, 2.05) is 24.3 Å². The first-order valence-electron chi connectivity index (χ1n) is 5.57. The predicted molar refractivity (Wildman–Crippen MR) is 76.2 cm³/mol. The monoisotopic (exact) mass is 244 g/mol. The van der Waals surface area contributed by atoms with Crippen molar-refractivity contribution in [2.75, 3.05) is 0 Å². The van der Waals surface area contributed by atoms with Crippen LogP contribution in [0, 0.1) is 12.3 Å². The Hall–Kier alpha value is -1.45. The maximum atomic E-state index is 5.86. The van der Waals surface area contributed by atoms with Crippen LogP contribution in [0.25, 0.3) is 0 Å². The van der Waals surface area contributed by atoms with E-state index in [4.69, 9.17) is 18.0 Å². The lowest BCUT2D eigenvalue weighted by molar-refractivity contribution is 0.868. The van der Waals surface area contributed by atoms with Crippen LogP contribution in [0.4, 0.5) is 0 Å². The van der Waals surface area contributed by atoms with Gasteiger partial charge in [-0.25, -0.2) is 0 Å². The molecule has 0 radical (unpaired) electrons. The molecule has 0 amide bonds. The summed E-state index contributed by atoms with van der Waals surface area (Å²) in [5, 5.41) is 0.729. The smallest absolute Gasteiger partial charge is 0.0489 e. The van der Waals surface area contributed by atoms with E-state index in [-0.39, 0.29) is 5.92 Å². The van der Waals surface area contributed by atoms with Gasteiger partial charge in [0.15, 0.2) is 0 Å². The summed E-state index contributed by atoms with van der Waals surface area (Å²) in [5.74, 6) is 2.87. The van der Waals surface area contributed by atoms with Gasteiger partial charge in [-0.05, 0) is 38.0 Å². The van der Waals surface area contributed by atoms with E-state index >= 15 is 0 Å². The molecule has 0 aliphatic rings. The van der Waals surface area contributed by atoms with E-state index in [1.54, 1.807) is 0 Å². The van der Waals surface area contributed by atoms with Gasteiger partial charge in [-0.2, -0.15) is 0 Å². The third-order valence-electron chi connectivity index (χ3n) is 2.43. The number of terminal acetylenes is 1. The highest BCUT2D eigenvalue weighted by Crippen LogP contribution is 2.24. The Kier molecular flexibility index (Phi) is 5.07. The molecule has 1 rings (SSSR count). The van der Waals surface area contributed by atoms with Crippen LogP contribution in [0.3, 0.4) is 0 Å². The Labute approximate surface area is 109 Å². The molecule has 1 aromatic carbocycles. The van der Waals surface area contributed by atoms with Crippen molar-refractivity contribution in [3.8, 4) is 12.3 Å². The van der Waals surface area contributed by atoms with Crippen LogP contribution in [-0.2, 0) is 0 Å². The van der Waals surface area contributed by atoms with Crippen LogP contribution in [0.2, 0.25) is 5.02 Å². The fourth-order valence-corrected chi connectivity index (χ4v) is 1.82. The fraction of sp³-hybridized carbons (Fsp3) is 0.250. The Morgan fingerprint density at radius 1 is 1.41 bits per heavy atom. The van der Waals surface area contributed by atoms with Crippen LogP contribution in [0.1, 0.15) is 31.7 Å². The summed E-state index contributed by atoms with van der Waals surface area (Å²) in [5.41, 5.74) is 3.41. The van der Waals surface area contributed by atoms with Gasteiger partial charge in [0.05, 0.1) is 0 Å². The van der Waals surface area contributed by atoms with Gasteiger partial charge in [-0.3, -0.25) is 0 Å². The quantitative estimate of drug-likeness (QED) is 0.518. The van der Waals surface area contributed by atoms with Crippen molar-refractivity contribution in [1.29, 1.82) is 0 Å². The van der Waals surface area contributed by atoms with Gasteiger partial charge in [0.25, 0.3) is 0 Å². The summed E-state index contributed by atoms with van der Waals surface area (Å²) in [6, 6.07) is 7.68. The maximum absolute atomic E-state index is 5.86. The normalized spacial score (nSPS) is 11.4. The van der Waals surface area contributed by atoms with E-state index in [2.05, 4.69) is 32.4 Å². The summed E-state index contributed by atoms with van der Waals surface area (Å²) >= 11 is 5.86. The molecule has 17 heavy (non-hydrogen) atoms. The van der Waals surface area contributed by atoms with Gasteiger partial charge in [0.1, 0.15) is 0 Å². The van der Waals surface area contributed by atoms with Gasteiger partial charge in [-0.1, -0.05) is 53.5 Å². The molecule has 88 valence electrons. The van der Waals surface area contributed by atoms with Crippen LogP contribution >= 0.6 is 11.6 Å². The number of hydrogen-bond acceptors (Lipinski definition) is 0. The van der Waals surface area contributed by atoms with E-state index in [0.29, 0.717) is 0 Å². The standard InChI is InChI=1S/C16H17Cl/c1-5-14(11-13(4)10-12(2)3)15-6-8-16(17)9-7-15/h1,6-10,14H,4,11H2,2-3H3. The largest absolute Gasteiger partial charge is 0.119 e. The lowest BCUT2D eigenvalue weighted by atomic mass is 9.92. The van der Waals surface area contributed by atoms with Crippen LogP contribution < -0.4 is 0 Å². The molecule has 0 saturated heterocycles. The molecule has 0 bridgehead atoms. The van der Waals surface area contributed by atoms with Crippen LogP contribution in [0.15, 0.2) is 48.1 Å². The molecule has 1 unspecified atom stereocenters. The van der Waals surface area contributed by atoms with Gasteiger partial charge < -0.3 is 0 Å². The molecule has 0 nitrogen and oxygen atoms in total. The minimum atomic E-state index is 0.0652. The third kappa shape index (κ3) is 4.51. The summed E-state index contributed by atoms with van der Waals surface area (Å²) in [7, 11) is 0. The Morgan fingerprint density at radius 2 is 2.00 bits per heavy atom. The maximum Gasteiger partial charge on any atom is 0.0489 e. The SMILES string of the molecule is C#CC(CC(=C)C=C(C)C)c1ccc(Cl)cc1. The molecule has 0 heterocycles. The molecule has 0 N–H and O–H groups in total. The predicted octanol–water partition coefficient (Wildman–Crippen LogP) is 4.97. The zero-order chi connectivity index (χ0) is 12.8. The lowest BCUT2D eigenvalue weighted by Crippen LogP contribution is -1.96. The van der Waals surface area contributed by atoms with E-state index in [1.165, 1.54) is 5.57 Å². The number of allylic oxidation sites excluding steroid dienone is 3. The number of benzene rings is 1. The molecular weight excluding hydrogens is 228 g/mol. The molecule has 0 aliphatic carbocycles. The highest BCUT2D eigenvalue weighted by Gasteiger charge is 2.08. The van der Waals surface area contributed by atoms with Crippen LogP contribution in [-0.4, -0.2) is 0 Å². The minimum absolute atomic E-state index is 0.0652. The first-order chi connectivity index (χ1) is 8.02. The molecule has 0 spiro atoms. The average molecular weight is 245 g/mol. The van der Waals surface area contributed by atoms with Crippen molar-refractivity contribution in [3.63, 3.8) is 0 Å². The molecule has 1 aromatic rings. The van der Waals surface area contributed by atoms with Crippen molar-refractivity contribution in [3.05, 3.63) is 58.7 Å². The highest BCUT2D eigenvalue weighted by atomic mass is 35.5. The van der Waals surface area contributed by atoms with Crippen molar-refractivity contribution >= 4 is 11.6 Å². The molecule has 0 aliphatic heterocycles. The van der Waals surface area contributed by atoms with Gasteiger partial charge >= 0.3 is 0 Å². The lowest BCUT2D eigenvalue weighted by Gasteiger charge is -2.11. The second-order valence-electron chi connectivity index (χ2n) is 4.35. The Bertz CT molecular complexity index is 453. The molecule has 1 atom stereocenters. The topological polar surface area (TPSA) is 0 Å². The average Bonchev–Trinajstić information content (AvgIpc) is 2.26. The Balaban J connectivity index is 2.80. The van der Waals surface area contributed by atoms with Crippen molar-refractivity contribution < 1.29 is 0 Å². The van der Waals surface area contributed by atoms with E-state index in [0.717, 1.165) is 22.6 Å². The summed E-state index contributed by atoms with van der Waals surface area (Å²) in [6.45, 7) is 8.14. The van der Waals surface area contributed by atoms with Crippen molar-refractivity contribution in [2.24, 2.45) is 0 Å². The molecule has 0 aromatic heterocycles. The molecule has 0 fully saturated rings. The van der Waals surface area contributed by atoms with Crippen molar-refractivity contribution in [2.45, 2.75) is 26.2 Å². The second-order valence-corrected chi connectivity index (χ2v) is 4.79. The number of hydrogen-bond donors (Lipinski definition) is 0. The Morgan fingerprint density at radius 3 is 2.47 bits per heavy atom. The number of rotatable bonds is 4. The van der Waals surface area contributed by atoms with E-state index < -0.39 is 0 Å². The molecule has 0 saturated carbocycles. The molecular formula is C16H17Cl. The minimum Gasteiger partial charge on any atom is -0.119 e. The first kappa shape index (κ1) is 13.6. The summed E-state index contributed by atoms with van der Waals surface area (Å²) < 4.78 is 0. The zero-order valence-electron chi connectivity index (χ0n) is 10.3. The fourth-order valence-electron chi connectivity index (χ4n) is 1.70. The van der Waals surface area contributed by atoms with Gasteiger partial charge in [0.2, 0.25) is 0 Å².